The van der Waals surface area contributed by atoms with Crippen molar-refractivity contribution < 1.29 is 37.5 Å². The molecule has 0 saturated carbocycles. The van der Waals surface area contributed by atoms with E-state index in [-0.39, 0.29) is 38.4 Å². The average molecular weight is 286 g/mol. The minimum Gasteiger partial charge on any atom is -0.364 e. The summed E-state index contributed by atoms with van der Waals surface area (Å²) in [6.45, 7) is 0. The number of rotatable bonds is 2. The number of amides is 1. The third-order valence-electron chi connectivity index (χ3n) is 2.07. The van der Waals surface area contributed by atoms with Gasteiger partial charge in [-0.2, -0.15) is 30.3 Å². The average Bonchev–Trinajstić information content (AvgIpc) is 2.30. The predicted molar refractivity (Wildman–Crippen MR) is 57.0 cm³/mol. The van der Waals surface area contributed by atoms with Gasteiger partial charge < -0.3 is 5.73 Å². The molecule has 2 aromatic rings. The van der Waals surface area contributed by atoms with Gasteiger partial charge in [0.1, 0.15) is 5.69 Å². The maximum atomic E-state index is 10.8. The van der Waals surface area contributed by atoms with Crippen LogP contribution in [0.5, 0.6) is 0 Å². The summed E-state index contributed by atoms with van der Waals surface area (Å²) in [7, 11) is 0. The molecule has 0 saturated heterocycles. The van der Waals surface area contributed by atoms with E-state index >= 15 is 0 Å². The molecule has 1 aromatic heterocycles. The standard InChI is InChI=1S/C12H9N2O.Y/c13-12(15)11-7-6-10(8-14-11)9-4-2-1-3-5-9;/h2-8H,(H2,13,15);/q-1;+3. The zero-order valence-electron chi connectivity index (χ0n) is 8.55. The van der Waals surface area contributed by atoms with E-state index in [1.807, 2.05) is 30.3 Å². The van der Waals surface area contributed by atoms with Gasteiger partial charge in [0.05, 0.1) is 0 Å². The van der Waals surface area contributed by atoms with E-state index in [4.69, 9.17) is 5.73 Å². The van der Waals surface area contributed by atoms with Crippen molar-refractivity contribution in [2.24, 2.45) is 5.73 Å². The quantitative estimate of drug-likeness (QED) is 0.853. The molecule has 16 heavy (non-hydrogen) atoms. The molecule has 1 amide bonds. The number of primary amides is 1. The summed E-state index contributed by atoms with van der Waals surface area (Å²) in [5.41, 5.74) is 7.37. The van der Waals surface area contributed by atoms with E-state index < -0.39 is 5.91 Å². The molecule has 2 rings (SSSR count). The Kier molecular flexibility index (Phi) is 4.78. The summed E-state index contributed by atoms with van der Waals surface area (Å²) in [5, 5.41) is 0. The van der Waals surface area contributed by atoms with Crippen molar-refractivity contribution in [3.8, 4) is 11.1 Å². The van der Waals surface area contributed by atoms with Crippen molar-refractivity contribution in [2.75, 3.05) is 0 Å². The third-order valence-corrected chi connectivity index (χ3v) is 2.07. The van der Waals surface area contributed by atoms with Crippen molar-refractivity contribution in [1.29, 1.82) is 0 Å². The minimum atomic E-state index is -0.511. The Morgan fingerprint density at radius 2 is 1.81 bits per heavy atom. The van der Waals surface area contributed by atoms with E-state index in [9.17, 15) is 4.79 Å². The first kappa shape index (κ1) is 13.0. The first-order valence-corrected chi connectivity index (χ1v) is 4.50. The number of nitrogens with zero attached hydrogens (tertiary/aromatic N) is 1. The molecule has 0 aliphatic rings. The molecule has 0 unspecified atom stereocenters. The van der Waals surface area contributed by atoms with Crippen LogP contribution in [0.3, 0.4) is 0 Å². The van der Waals surface area contributed by atoms with Crippen molar-refractivity contribution in [1.82, 2.24) is 4.98 Å². The molecule has 3 nitrogen and oxygen atoms in total. The van der Waals surface area contributed by atoms with Crippen LogP contribution < -0.4 is 5.73 Å². The Morgan fingerprint density at radius 3 is 2.31 bits per heavy atom. The fourth-order valence-corrected chi connectivity index (χ4v) is 1.29. The van der Waals surface area contributed by atoms with Gasteiger partial charge in [-0.3, -0.25) is 9.78 Å². The van der Waals surface area contributed by atoms with Crippen molar-refractivity contribution in [3.05, 3.63) is 54.4 Å². The van der Waals surface area contributed by atoms with Crippen LogP contribution in [-0.2, 0) is 32.7 Å². The van der Waals surface area contributed by atoms with Crippen LogP contribution in [0, 0.1) is 6.07 Å². The molecule has 1 aromatic carbocycles. The number of benzene rings is 1. The van der Waals surface area contributed by atoms with Gasteiger partial charge in [0, 0.05) is 6.20 Å². The molecule has 74 valence electrons. The van der Waals surface area contributed by atoms with Crippen molar-refractivity contribution in [2.45, 2.75) is 0 Å². The monoisotopic (exact) mass is 286 g/mol. The number of aromatic nitrogens is 1. The largest absolute Gasteiger partial charge is 3.00 e. The second kappa shape index (κ2) is 5.87. The summed E-state index contributed by atoms with van der Waals surface area (Å²) in [6, 6.07) is 13.9. The van der Waals surface area contributed by atoms with Crippen LogP contribution in [-0.4, -0.2) is 10.9 Å². The fourth-order valence-electron chi connectivity index (χ4n) is 1.29. The number of nitrogens with two attached hydrogens (primary N) is 1. The van der Waals surface area contributed by atoms with Gasteiger partial charge in [-0.1, -0.05) is 6.07 Å². The van der Waals surface area contributed by atoms with E-state index in [1.54, 1.807) is 12.3 Å². The molecule has 0 bridgehead atoms. The molecular formula is C12H9N2OY+2. The summed E-state index contributed by atoms with van der Waals surface area (Å²) < 4.78 is 0. The van der Waals surface area contributed by atoms with Gasteiger partial charge in [0.2, 0.25) is 0 Å². The van der Waals surface area contributed by atoms with Crippen molar-refractivity contribution >= 4 is 5.91 Å². The molecule has 4 heteroatoms. The van der Waals surface area contributed by atoms with Gasteiger partial charge in [-0.05, 0) is 11.6 Å². The minimum absolute atomic E-state index is 0. The summed E-state index contributed by atoms with van der Waals surface area (Å²) >= 11 is 0. The van der Waals surface area contributed by atoms with Gasteiger partial charge in [-0.25, -0.2) is 0 Å². The molecule has 0 aliphatic heterocycles. The molecule has 0 radical (unpaired) electrons. The second-order valence-electron chi connectivity index (χ2n) is 3.09. The van der Waals surface area contributed by atoms with Crippen LogP contribution in [0.25, 0.3) is 11.1 Å². The number of pyridine rings is 1. The summed E-state index contributed by atoms with van der Waals surface area (Å²) in [6.07, 6.45) is 1.63. The topological polar surface area (TPSA) is 56.0 Å². The Morgan fingerprint density at radius 1 is 1.12 bits per heavy atom. The molecular weight excluding hydrogens is 277 g/mol. The fraction of sp³-hybridized carbons (Fsp3) is 0. The summed E-state index contributed by atoms with van der Waals surface area (Å²) in [4.78, 5) is 14.8. The van der Waals surface area contributed by atoms with Crippen LogP contribution in [0.1, 0.15) is 10.5 Å². The van der Waals surface area contributed by atoms with Crippen LogP contribution in [0.4, 0.5) is 0 Å². The predicted octanol–water partition coefficient (Wildman–Crippen LogP) is 1.65. The smallest absolute Gasteiger partial charge is 0.364 e. The number of carbonyl (C=O) groups is 1. The maximum absolute atomic E-state index is 10.8. The van der Waals surface area contributed by atoms with Crippen LogP contribution in [0.2, 0.25) is 0 Å². The van der Waals surface area contributed by atoms with Crippen molar-refractivity contribution in [3.63, 3.8) is 0 Å². The van der Waals surface area contributed by atoms with Gasteiger partial charge >= 0.3 is 32.7 Å². The maximum Gasteiger partial charge on any atom is 3.00 e. The molecule has 0 aliphatic carbocycles. The Balaban J connectivity index is 0.00000128. The first-order valence-electron chi connectivity index (χ1n) is 4.50. The SMILES string of the molecule is NC(=O)c1ccc(-c2cc[c-]cc2)cn1.[Y+3]. The van der Waals surface area contributed by atoms with E-state index in [0.29, 0.717) is 0 Å². The van der Waals surface area contributed by atoms with Crippen LogP contribution in [0.15, 0.2) is 42.6 Å². The van der Waals surface area contributed by atoms with Gasteiger partial charge in [0.25, 0.3) is 5.91 Å². The Bertz CT molecular complexity index is 468. The van der Waals surface area contributed by atoms with Gasteiger partial charge in [-0.15, -0.1) is 5.56 Å². The molecule has 0 atom stereocenters. The van der Waals surface area contributed by atoms with E-state index in [1.165, 1.54) is 0 Å². The van der Waals surface area contributed by atoms with Crippen LogP contribution >= 0.6 is 0 Å². The third kappa shape index (κ3) is 2.97. The van der Waals surface area contributed by atoms with Gasteiger partial charge in [0.15, 0.2) is 0 Å². The zero-order valence-corrected chi connectivity index (χ0v) is 11.4. The van der Waals surface area contributed by atoms with E-state index in [0.717, 1.165) is 11.1 Å². The van der Waals surface area contributed by atoms with E-state index in [2.05, 4.69) is 11.1 Å². The first-order chi connectivity index (χ1) is 7.27. The zero-order chi connectivity index (χ0) is 10.7. The second-order valence-corrected chi connectivity index (χ2v) is 3.09. The normalized spacial score (nSPS) is 9.25. The number of carbonyl (C=O) groups excluding carboxylic acids is 1. The Hall–Kier alpha value is -1.06. The number of hydrogen-bond donors (Lipinski definition) is 1. The Labute approximate surface area is 119 Å². The summed E-state index contributed by atoms with van der Waals surface area (Å²) in [5.74, 6) is -0.511. The molecule has 2 N–H and O–H groups in total. The molecule has 0 fully saturated rings. The molecule has 0 spiro atoms. The molecule has 1 heterocycles. The number of hydrogen-bond acceptors (Lipinski definition) is 2.